The van der Waals surface area contributed by atoms with Crippen molar-refractivity contribution in [3.63, 3.8) is 0 Å². The van der Waals surface area contributed by atoms with E-state index in [1.54, 1.807) is 0 Å². The minimum absolute atomic E-state index is 0.0111. The van der Waals surface area contributed by atoms with E-state index in [1.165, 1.54) is 22.9 Å². The molecule has 1 aliphatic carbocycles. The molecule has 0 fully saturated rings. The van der Waals surface area contributed by atoms with Crippen LogP contribution in [0.2, 0.25) is 0 Å². The predicted octanol–water partition coefficient (Wildman–Crippen LogP) is 2.44. The molecule has 0 saturated heterocycles. The van der Waals surface area contributed by atoms with Gasteiger partial charge in [0.1, 0.15) is 11.0 Å². The van der Waals surface area contributed by atoms with Crippen molar-refractivity contribution in [2.24, 2.45) is 0 Å². The summed E-state index contributed by atoms with van der Waals surface area (Å²) in [7, 11) is 0. The summed E-state index contributed by atoms with van der Waals surface area (Å²) in [5.74, 6) is 0. The summed E-state index contributed by atoms with van der Waals surface area (Å²) in [6.45, 7) is 0.679. The smallest absolute Gasteiger partial charge is 0.109 e. The van der Waals surface area contributed by atoms with E-state index in [1.807, 2.05) is 24.3 Å². The monoisotopic (exact) mass is 297 g/mol. The van der Waals surface area contributed by atoms with Crippen LogP contribution >= 0.6 is 11.7 Å². The lowest BCUT2D eigenvalue weighted by Gasteiger charge is -2.18. The fourth-order valence-corrected chi connectivity index (χ4v) is 3.61. The number of benzene rings is 2. The molecular weight excluding hydrogens is 282 g/mol. The number of aromatic nitrogens is 2. The molecule has 0 bridgehead atoms. The molecule has 2 atom stereocenters. The fourth-order valence-electron chi connectivity index (χ4n) is 3.04. The Balaban J connectivity index is 1.59. The minimum Gasteiger partial charge on any atom is -0.391 e. The molecule has 4 nitrogen and oxygen atoms in total. The van der Waals surface area contributed by atoms with Gasteiger partial charge in [-0.2, -0.15) is 8.75 Å². The zero-order chi connectivity index (χ0) is 14.2. The van der Waals surface area contributed by atoms with Crippen LogP contribution in [-0.4, -0.2) is 20.0 Å². The van der Waals surface area contributed by atoms with E-state index in [9.17, 15) is 5.11 Å². The van der Waals surface area contributed by atoms with E-state index in [-0.39, 0.29) is 12.1 Å². The van der Waals surface area contributed by atoms with Crippen molar-refractivity contribution in [1.82, 2.24) is 14.1 Å². The lowest BCUT2D eigenvalue weighted by atomic mass is 10.1. The summed E-state index contributed by atoms with van der Waals surface area (Å²) in [5, 5.41) is 13.7. The molecule has 1 aliphatic rings. The van der Waals surface area contributed by atoms with Gasteiger partial charge in [0.15, 0.2) is 0 Å². The van der Waals surface area contributed by atoms with E-state index in [0.29, 0.717) is 6.54 Å². The third-order valence-corrected chi connectivity index (χ3v) is 4.63. The average molecular weight is 297 g/mol. The van der Waals surface area contributed by atoms with E-state index in [0.717, 1.165) is 23.0 Å². The van der Waals surface area contributed by atoms with Crippen LogP contribution in [0.1, 0.15) is 22.7 Å². The number of nitrogens with one attached hydrogen (secondary N) is 1. The number of nitrogens with zero attached hydrogens (tertiary/aromatic N) is 2. The van der Waals surface area contributed by atoms with Crippen molar-refractivity contribution >= 4 is 22.8 Å². The van der Waals surface area contributed by atoms with Crippen LogP contribution in [0.4, 0.5) is 0 Å². The number of aliphatic hydroxyl groups excluding tert-OH is 1. The van der Waals surface area contributed by atoms with Gasteiger partial charge in [-0.3, -0.25) is 0 Å². The van der Waals surface area contributed by atoms with Gasteiger partial charge in [0.05, 0.1) is 23.9 Å². The van der Waals surface area contributed by atoms with Gasteiger partial charge in [0, 0.05) is 13.0 Å². The second-order valence-electron chi connectivity index (χ2n) is 5.38. The van der Waals surface area contributed by atoms with Gasteiger partial charge in [-0.05, 0) is 22.8 Å². The first-order valence-corrected chi connectivity index (χ1v) is 7.75. The zero-order valence-electron chi connectivity index (χ0n) is 11.4. The molecule has 0 radical (unpaired) electrons. The molecule has 0 unspecified atom stereocenters. The van der Waals surface area contributed by atoms with E-state index in [4.69, 9.17) is 0 Å². The van der Waals surface area contributed by atoms with Gasteiger partial charge < -0.3 is 10.4 Å². The number of fused-ring (bicyclic) bond motifs is 2. The summed E-state index contributed by atoms with van der Waals surface area (Å²) < 4.78 is 8.62. The van der Waals surface area contributed by atoms with Gasteiger partial charge in [-0.15, -0.1) is 0 Å². The molecule has 106 valence electrons. The highest BCUT2D eigenvalue weighted by molar-refractivity contribution is 7.00. The predicted molar refractivity (Wildman–Crippen MR) is 83.1 cm³/mol. The topological polar surface area (TPSA) is 58.0 Å². The number of rotatable bonds is 3. The average Bonchev–Trinajstić information content (AvgIpc) is 3.09. The molecule has 3 aromatic rings. The summed E-state index contributed by atoms with van der Waals surface area (Å²) in [5.41, 5.74) is 5.45. The first-order valence-electron chi connectivity index (χ1n) is 7.02. The highest BCUT2D eigenvalue weighted by atomic mass is 32.1. The lowest BCUT2D eigenvalue weighted by Crippen LogP contribution is -2.28. The molecule has 21 heavy (non-hydrogen) atoms. The second kappa shape index (κ2) is 5.18. The molecule has 0 aliphatic heterocycles. The van der Waals surface area contributed by atoms with E-state index in [2.05, 4.69) is 32.3 Å². The molecule has 1 aromatic heterocycles. The molecule has 0 spiro atoms. The third-order valence-electron chi connectivity index (χ3n) is 4.09. The number of hydrogen-bond donors (Lipinski definition) is 2. The van der Waals surface area contributed by atoms with Crippen LogP contribution in [0.3, 0.4) is 0 Å². The molecule has 0 amide bonds. The maximum atomic E-state index is 10.3. The second-order valence-corrected chi connectivity index (χ2v) is 5.91. The van der Waals surface area contributed by atoms with Crippen LogP contribution in [0.25, 0.3) is 11.0 Å². The summed E-state index contributed by atoms with van der Waals surface area (Å²) in [6.07, 6.45) is 0.353. The Morgan fingerprint density at radius 2 is 2.05 bits per heavy atom. The van der Waals surface area contributed by atoms with Crippen LogP contribution in [-0.2, 0) is 13.0 Å². The summed E-state index contributed by atoms with van der Waals surface area (Å²) in [6, 6.07) is 14.3. The Morgan fingerprint density at radius 3 is 3.00 bits per heavy atom. The Kier molecular flexibility index (Phi) is 3.18. The molecular formula is C16H15N3OS. The Labute approximate surface area is 126 Å². The lowest BCUT2D eigenvalue weighted by molar-refractivity contribution is 0.140. The Morgan fingerprint density at radius 1 is 1.14 bits per heavy atom. The van der Waals surface area contributed by atoms with Gasteiger partial charge in [-0.1, -0.05) is 36.4 Å². The maximum absolute atomic E-state index is 10.3. The summed E-state index contributed by atoms with van der Waals surface area (Å²) >= 11 is 1.24. The zero-order valence-corrected chi connectivity index (χ0v) is 12.2. The molecule has 0 saturated carbocycles. The van der Waals surface area contributed by atoms with Crippen LogP contribution in [0.15, 0.2) is 42.5 Å². The van der Waals surface area contributed by atoms with Crippen molar-refractivity contribution in [3.05, 3.63) is 59.2 Å². The molecule has 2 N–H and O–H groups in total. The highest BCUT2D eigenvalue weighted by Gasteiger charge is 2.30. The van der Waals surface area contributed by atoms with Crippen molar-refractivity contribution in [2.45, 2.75) is 25.1 Å². The van der Waals surface area contributed by atoms with Gasteiger partial charge in [-0.25, -0.2) is 0 Å². The van der Waals surface area contributed by atoms with Crippen molar-refractivity contribution in [3.8, 4) is 0 Å². The van der Waals surface area contributed by atoms with Gasteiger partial charge in [0.25, 0.3) is 0 Å². The number of hydrogen-bond acceptors (Lipinski definition) is 5. The quantitative estimate of drug-likeness (QED) is 0.779. The maximum Gasteiger partial charge on any atom is 0.109 e. The van der Waals surface area contributed by atoms with E-state index < -0.39 is 0 Å². The Bertz CT molecular complexity index is 786. The van der Waals surface area contributed by atoms with Crippen LogP contribution in [0, 0.1) is 0 Å². The van der Waals surface area contributed by atoms with Crippen LogP contribution in [0.5, 0.6) is 0 Å². The SMILES string of the molecule is O[C@H]1Cc2ccccc2[C@@H]1NCc1cccc2nsnc12. The standard InChI is InChI=1S/C16H15N3OS/c20-14-8-10-4-1-2-6-12(10)16(14)17-9-11-5-3-7-13-15(11)19-21-18-13/h1-7,14,16-17,20H,8-9H2/t14-,16-/m0/s1. The first-order chi connectivity index (χ1) is 10.3. The van der Waals surface area contributed by atoms with Crippen molar-refractivity contribution in [2.75, 3.05) is 0 Å². The van der Waals surface area contributed by atoms with Crippen molar-refractivity contribution in [1.29, 1.82) is 0 Å². The van der Waals surface area contributed by atoms with Crippen LogP contribution < -0.4 is 5.32 Å². The largest absolute Gasteiger partial charge is 0.391 e. The first kappa shape index (κ1) is 12.9. The third kappa shape index (κ3) is 2.23. The van der Waals surface area contributed by atoms with Gasteiger partial charge in [0.2, 0.25) is 0 Å². The molecule has 2 aromatic carbocycles. The molecule has 5 heteroatoms. The van der Waals surface area contributed by atoms with E-state index >= 15 is 0 Å². The minimum atomic E-state index is -0.366. The van der Waals surface area contributed by atoms with Crippen molar-refractivity contribution < 1.29 is 5.11 Å². The highest BCUT2D eigenvalue weighted by Crippen LogP contribution is 2.31. The Hall–Kier alpha value is -1.82. The normalized spacial score (nSPS) is 20.8. The molecule has 1 heterocycles. The summed E-state index contributed by atoms with van der Waals surface area (Å²) in [4.78, 5) is 0. The number of aliphatic hydroxyl groups is 1. The molecule has 4 rings (SSSR count). The fraction of sp³-hybridized carbons (Fsp3) is 0.250. The van der Waals surface area contributed by atoms with Gasteiger partial charge >= 0.3 is 0 Å².